The molecule has 4 rings (SSSR count). The summed E-state index contributed by atoms with van der Waals surface area (Å²) in [4.78, 5) is 31.7. The Balaban J connectivity index is 1.54. The van der Waals surface area contributed by atoms with Crippen molar-refractivity contribution >= 4 is 23.2 Å². The second kappa shape index (κ2) is 11.0. The Labute approximate surface area is 211 Å². The molecular formula is C28H32N2O4S. The Morgan fingerprint density at radius 1 is 1.09 bits per heavy atom. The van der Waals surface area contributed by atoms with Gasteiger partial charge in [-0.05, 0) is 68.5 Å². The van der Waals surface area contributed by atoms with Crippen LogP contribution in [0.25, 0.3) is 0 Å². The zero-order valence-corrected chi connectivity index (χ0v) is 21.5. The zero-order valence-electron chi connectivity index (χ0n) is 20.7. The zero-order chi connectivity index (χ0) is 24.9. The normalized spacial score (nSPS) is 15.0. The number of hydrogen-bond acceptors (Lipinski definition) is 5. The quantitative estimate of drug-likeness (QED) is 0.438. The number of hydrogen-bond donors (Lipinski definition) is 0. The fourth-order valence-corrected chi connectivity index (χ4v) is 5.30. The maximum atomic E-state index is 13.6. The molecule has 7 heteroatoms. The van der Waals surface area contributed by atoms with Gasteiger partial charge in [0.05, 0.1) is 13.2 Å². The number of para-hydroxylation sites is 2. The van der Waals surface area contributed by atoms with Gasteiger partial charge in [0.15, 0.2) is 11.5 Å². The van der Waals surface area contributed by atoms with Crippen LogP contribution in [0.1, 0.15) is 46.3 Å². The summed E-state index contributed by atoms with van der Waals surface area (Å²) >= 11 is 1.71. The highest BCUT2D eigenvalue weighted by molar-refractivity contribution is 7.10. The second-order valence-electron chi connectivity index (χ2n) is 9.01. The minimum atomic E-state index is -0.231. The number of aryl methyl sites for hydroxylation is 1. The Morgan fingerprint density at radius 3 is 2.49 bits per heavy atom. The molecule has 2 amide bonds. The van der Waals surface area contributed by atoms with Gasteiger partial charge in [-0.1, -0.05) is 29.8 Å². The molecule has 2 aromatic carbocycles. The molecule has 2 heterocycles. The van der Waals surface area contributed by atoms with Crippen molar-refractivity contribution in [3.05, 3.63) is 81.5 Å². The van der Waals surface area contributed by atoms with E-state index in [1.165, 1.54) is 4.88 Å². The minimum absolute atomic E-state index is 0.0228. The van der Waals surface area contributed by atoms with Gasteiger partial charge in [-0.2, -0.15) is 0 Å². The molecule has 35 heavy (non-hydrogen) atoms. The van der Waals surface area contributed by atoms with Crippen LogP contribution in [-0.2, 0) is 11.2 Å². The Kier molecular flexibility index (Phi) is 7.76. The van der Waals surface area contributed by atoms with E-state index < -0.39 is 0 Å². The fourth-order valence-electron chi connectivity index (χ4n) is 4.37. The van der Waals surface area contributed by atoms with Crippen molar-refractivity contribution in [2.75, 3.05) is 26.8 Å². The molecule has 1 aliphatic rings. The number of thiophene rings is 1. The number of fused-ring (bicyclic) bond motifs is 1. The smallest absolute Gasteiger partial charge is 0.254 e. The highest BCUT2D eigenvalue weighted by Crippen LogP contribution is 2.35. The number of nitrogens with zero attached hydrogens (tertiary/aromatic N) is 2. The summed E-state index contributed by atoms with van der Waals surface area (Å²) in [5.74, 6) is 1.08. The molecule has 1 aromatic heterocycles. The summed E-state index contributed by atoms with van der Waals surface area (Å²) in [6.07, 6.45) is 0.803. The van der Waals surface area contributed by atoms with Crippen LogP contribution < -0.4 is 9.47 Å². The SMILES string of the molecule is COc1ccccc1OC[C@H]1c2ccsc2CCN1C(=O)CN(C(=O)c1ccc(C)cc1)C(C)C. The lowest BCUT2D eigenvalue weighted by Gasteiger charge is -2.37. The van der Waals surface area contributed by atoms with Crippen molar-refractivity contribution in [2.45, 2.75) is 39.3 Å². The van der Waals surface area contributed by atoms with Crippen LogP contribution in [0.5, 0.6) is 11.5 Å². The third-order valence-corrected chi connectivity index (χ3v) is 7.37. The monoisotopic (exact) mass is 492 g/mol. The molecule has 0 radical (unpaired) electrons. The van der Waals surface area contributed by atoms with E-state index in [0.29, 0.717) is 30.2 Å². The second-order valence-corrected chi connectivity index (χ2v) is 10.0. The first-order valence-corrected chi connectivity index (χ1v) is 12.8. The molecule has 1 atom stereocenters. The third-order valence-electron chi connectivity index (χ3n) is 6.37. The summed E-state index contributed by atoms with van der Waals surface area (Å²) in [6, 6.07) is 16.7. The van der Waals surface area contributed by atoms with Gasteiger partial charge in [-0.15, -0.1) is 11.3 Å². The molecule has 0 spiro atoms. The van der Waals surface area contributed by atoms with Crippen molar-refractivity contribution in [2.24, 2.45) is 0 Å². The molecule has 0 fully saturated rings. The van der Waals surface area contributed by atoms with Crippen molar-refractivity contribution in [3.8, 4) is 11.5 Å². The van der Waals surface area contributed by atoms with Crippen molar-refractivity contribution < 1.29 is 19.1 Å². The van der Waals surface area contributed by atoms with Gasteiger partial charge in [0.1, 0.15) is 13.2 Å². The van der Waals surface area contributed by atoms with Gasteiger partial charge in [0.25, 0.3) is 5.91 Å². The molecule has 184 valence electrons. The van der Waals surface area contributed by atoms with Crippen molar-refractivity contribution in [3.63, 3.8) is 0 Å². The van der Waals surface area contributed by atoms with E-state index >= 15 is 0 Å². The van der Waals surface area contributed by atoms with Crippen molar-refractivity contribution in [1.82, 2.24) is 9.80 Å². The van der Waals surface area contributed by atoms with E-state index in [1.807, 2.05) is 74.2 Å². The standard InChI is InChI=1S/C28H32N2O4S/c1-19(2)30(28(32)21-11-9-20(3)10-12-21)17-27(31)29-15-13-26-22(14-16-35-26)23(29)18-34-25-8-6-5-7-24(25)33-4/h5-12,14,16,19,23H,13,15,17-18H2,1-4H3/t23-/m0/s1. The predicted octanol–water partition coefficient (Wildman–Crippen LogP) is 5.12. The fraction of sp³-hybridized carbons (Fsp3) is 0.357. The lowest BCUT2D eigenvalue weighted by Crippen LogP contribution is -2.49. The largest absolute Gasteiger partial charge is 0.493 e. The van der Waals surface area contributed by atoms with Crippen LogP contribution in [0.2, 0.25) is 0 Å². The van der Waals surface area contributed by atoms with E-state index in [2.05, 4.69) is 11.4 Å². The lowest BCUT2D eigenvalue weighted by molar-refractivity contribution is -0.136. The van der Waals surface area contributed by atoms with Crippen LogP contribution in [-0.4, -0.2) is 54.5 Å². The van der Waals surface area contributed by atoms with Gasteiger partial charge in [-0.3, -0.25) is 9.59 Å². The molecule has 0 bridgehead atoms. The number of carbonyl (C=O) groups is 2. The van der Waals surface area contributed by atoms with E-state index in [9.17, 15) is 9.59 Å². The number of methoxy groups -OCH3 is 1. The lowest BCUT2D eigenvalue weighted by atomic mass is 10.00. The third kappa shape index (κ3) is 5.51. The number of benzene rings is 2. The molecule has 0 saturated carbocycles. The first-order chi connectivity index (χ1) is 16.9. The van der Waals surface area contributed by atoms with E-state index in [0.717, 1.165) is 17.5 Å². The number of ether oxygens (including phenoxy) is 2. The molecule has 3 aromatic rings. The van der Waals surface area contributed by atoms with E-state index in [-0.39, 0.29) is 30.4 Å². The van der Waals surface area contributed by atoms with Gasteiger partial charge in [0, 0.05) is 23.0 Å². The molecule has 0 unspecified atom stereocenters. The molecular weight excluding hydrogens is 460 g/mol. The first-order valence-electron chi connectivity index (χ1n) is 11.9. The first kappa shape index (κ1) is 24.8. The number of rotatable bonds is 8. The molecule has 1 aliphatic heterocycles. The Morgan fingerprint density at radius 2 is 1.80 bits per heavy atom. The topological polar surface area (TPSA) is 59.1 Å². The van der Waals surface area contributed by atoms with E-state index in [1.54, 1.807) is 23.3 Å². The van der Waals surface area contributed by atoms with E-state index in [4.69, 9.17) is 9.47 Å². The van der Waals surface area contributed by atoms with Gasteiger partial charge < -0.3 is 19.3 Å². The highest BCUT2D eigenvalue weighted by atomic mass is 32.1. The average molecular weight is 493 g/mol. The number of carbonyl (C=O) groups excluding carboxylic acids is 2. The van der Waals surface area contributed by atoms with Crippen LogP contribution in [0.4, 0.5) is 0 Å². The maximum absolute atomic E-state index is 13.6. The predicted molar refractivity (Wildman–Crippen MR) is 138 cm³/mol. The average Bonchev–Trinajstić information content (AvgIpc) is 3.35. The minimum Gasteiger partial charge on any atom is -0.493 e. The summed E-state index contributed by atoms with van der Waals surface area (Å²) in [7, 11) is 1.61. The van der Waals surface area contributed by atoms with Gasteiger partial charge in [-0.25, -0.2) is 0 Å². The summed E-state index contributed by atoms with van der Waals surface area (Å²) in [5.41, 5.74) is 2.80. The van der Waals surface area contributed by atoms with Crippen LogP contribution in [0, 0.1) is 6.92 Å². The highest BCUT2D eigenvalue weighted by Gasteiger charge is 2.34. The Hall–Kier alpha value is -3.32. The maximum Gasteiger partial charge on any atom is 0.254 e. The molecule has 0 saturated heterocycles. The van der Waals surface area contributed by atoms with Gasteiger partial charge >= 0.3 is 0 Å². The van der Waals surface area contributed by atoms with Crippen LogP contribution in [0.3, 0.4) is 0 Å². The Bertz CT molecular complexity index is 1170. The number of amides is 2. The van der Waals surface area contributed by atoms with Crippen molar-refractivity contribution in [1.29, 1.82) is 0 Å². The van der Waals surface area contributed by atoms with Gasteiger partial charge in [0.2, 0.25) is 5.91 Å². The molecule has 6 nitrogen and oxygen atoms in total. The van der Waals surface area contributed by atoms with Crippen LogP contribution in [0.15, 0.2) is 60.0 Å². The molecule has 0 N–H and O–H groups in total. The summed E-state index contributed by atoms with van der Waals surface area (Å²) < 4.78 is 11.6. The molecule has 0 aliphatic carbocycles. The van der Waals surface area contributed by atoms with Crippen LogP contribution >= 0.6 is 11.3 Å². The summed E-state index contributed by atoms with van der Waals surface area (Å²) in [5, 5.41) is 2.07. The summed E-state index contributed by atoms with van der Waals surface area (Å²) in [6.45, 7) is 6.79.